The Balaban J connectivity index is 4.10. The van der Waals surface area contributed by atoms with E-state index in [9.17, 15) is 8.78 Å². The number of nitrogens with zero attached hydrogens (tertiary/aromatic N) is 1. The van der Waals surface area contributed by atoms with Gasteiger partial charge in [-0.05, 0) is 39.7 Å². The van der Waals surface area contributed by atoms with Crippen molar-refractivity contribution in [2.24, 2.45) is 5.41 Å². The van der Waals surface area contributed by atoms with Crippen LogP contribution in [0.5, 0.6) is 0 Å². The normalized spacial score (nSPS) is 14.5. The zero-order valence-electron chi connectivity index (χ0n) is 12.5. The van der Waals surface area contributed by atoms with Crippen molar-refractivity contribution in [1.82, 2.24) is 4.90 Å². The molecule has 0 radical (unpaired) electrons. The van der Waals surface area contributed by atoms with Crippen LogP contribution in [0.1, 0.15) is 60.8 Å². The lowest BCUT2D eigenvalue weighted by Crippen LogP contribution is -2.40. The second-order valence-corrected chi connectivity index (χ2v) is 7.26. The molecule has 0 aliphatic heterocycles. The first-order valence-corrected chi connectivity index (χ1v) is 6.43. The van der Waals surface area contributed by atoms with Crippen LogP contribution in [0.4, 0.5) is 8.78 Å². The summed E-state index contributed by atoms with van der Waals surface area (Å²) in [6, 6.07) is 0. The molecule has 1 nitrogen and oxygen atoms in total. The highest BCUT2D eigenvalue weighted by Gasteiger charge is 2.31. The van der Waals surface area contributed by atoms with E-state index in [2.05, 4.69) is 0 Å². The van der Waals surface area contributed by atoms with Gasteiger partial charge in [0.05, 0.1) is 0 Å². The quantitative estimate of drug-likeness (QED) is 0.690. The Kier molecular flexibility index (Phi) is 5.58. The molecular formula is C14H29F2N. The number of rotatable bonds is 5. The first kappa shape index (κ1) is 16.8. The Hall–Kier alpha value is -0.180. The molecule has 3 heteroatoms. The van der Waals surface area contributed by atoms with E-state index in [-0.39, 0.29) is 23.8 Å². The third-order valence-electron chi connectivity index (χ3n) is 3.20. The van der Waals surface area contributed by atoms with Gasteiger partial charge in [-0.25, -0.2) is 8.78 Å². The molecule has 0 amide bonds. The number of hydrogen-bond acceptors (Lipinski definition) is 1. The second kappa shape index (κ2) is 5.64. The van der Waals surface area contributed by atoms with E-state index in [0.29, 0.717) is 13.0 Å². The summed E-state index contributed by atoms with van der Waals surface area (Å²) in [6.07, 6.45) is 0.518. The number of hydrogen-bond donors (Lipinski definition) is 0. The van der Waals surface area contributed by atoms with E-state index >= 15 is 0 Å². The molecule has 0 bridgehead atoms. The molecule has 0 aliphatic rings. The minimum atomic E-state index is -2.53. The van der Waals surface area contributed by atoms with Crippen LogP contribution in [0.15, 0.2) is 0 Å². The second-order valence-electron chi connectivity index (χ2n) is 7.26. The van der Waals surface area contributed by atoms with Gasteiger partial charge in [0.15, 0.2) is 0 Å². The molecule has 0 spiro atoms. The molecule has 0 unspecified atom stereocenters. The topological polar surface area (TPSA) is 3.24 Å². The van der Waals surface area contributed by atoms with Crippen molar-refractivity contribution in [3.8, 4) is 0 Å². The lowest BCUT2D eigenvalue weighted by atomic mass is 9.88. The van der Waals surface area contributed by atoms with Crippen molar-refractivity contribution in [3.05, 3.63) is 0 Å². The Morgan fingerprint density at radius 2 is 1.29 bits per heavy atom. The van der Waals surface area contributed by atoms with Crippen LogP contribution in [-0.4, -0.2) is 30.0 Å². The summed E-state index contributed by atoms with van der Waals surface area (Å²) in [6.45, 7) is 12.6. The van der Waals surface area contributed by atoms with E-state index in [1.807, 2.05) is 53.5 Å². The highest BCUT2D eigenvalue weighted by atomic mass is 19.3. The predicted molar refractivity (Wildman–Crippen MR) is 70.6 cm³/mol. The third-order valence-corrected chi connectivity index (χ3v) is 3.20. The monoisotopic (exact) mass is 249 g/mol. The third kappa shape index (κ3) is 8.53. The standard InChI is InChI=1S/C14H29F2N/c1-12(2,3)8-9-14(15,16)10-11-17(7)13(4,5)6/h8-11H2,1-7H3. The maximum absolute atomic E-state index is 13.7. The molecule has 0 aromatic heterocycles. The van der Waals surface area contributed by atoms with Crippen molar-refractivity contribution in [3.63, 3.8) is 0 Å². The van der Waals surface area contributed by atoms with Gasteiger partial charge >= 0.3 is 0 Å². The van der Waals surface area contributed by atoms with Gasteiger partial charge in [0.2, 0.25) is 5.92 Å². The summed E-state index contributed by atoms with van der Waals surface area (Å²) in [7, 11) is 1.90. The van der Waals surface area contributed by atoms with Crippen molar-refractivity contribution in [2.75, 3.05) is 13.6 Å². The van der Waals surface area contributed by atoms with Crippen molar-refractivity contribution in [2.45, 2.75) is 72.3 Å². The van der Waals surface area contributed by atoms with Gasteiger partial charge in [0.1, 0.15) is 0 Å². The molecule has 0 fully saturated rings. The summed E-state index contributed by atoms with van der Waals surface area (Å²) >= 11 is 0. The summed E-state index contributed by atoms with van der Waals surface area (Å²) in [5.41, 5.74) is -0.0561. The molecule has 0 aromatic rings. The van der Waals surface area contributed by atoms with Crippen LogP contribution in [0.2, 0.25) is 0 Å². The molecule has 0 heterocycles. The summed E-state index contributed by atoms with van der Waals surface area (Å²) in [5, 5.41) is 0. The van der Waals surface area contributed by atoms with E-state index in [1.165, 1.54) is 0 Å². The molecule has 0 saturated heterocycles. The molecular weight excluding hydrogens is 220 g/mol. The van der Waals surface area contributed by atoms with Gasteiger partial charge in [-0.2, -0.15) is 0 Å². The Labute approximate surface area is 106 Å². The SMILES string of the molecule is CN(CCC(F)(F)CCC(C)(C)C)C(C)(C)C. The number of halogens is 2. The summed E-state index contributed by atoms with van der Waals surface area (Å²) in [4.78, 5) is 1.98. The molecule has 0 rings (SSSR count). The van der Waals surface area contributed by atoms with Crippen LogP contribution in [-0.2, 0) is 0 Å². The molecule has 0 saturated carbocycles. The van der Waals surface area contributed by atoms with Crippen molar-refractivity contribution >= 4 is 0 Å². The van der Waals surface area contributed by atoms with Gasteiger partial charge in [0.25, 0.3) is 0 Å². The van der Waals surface area contributed by atoms with Gasteiger partial charge in [0, 0.05) is 24.9 Å². The van der Waals surface area contributed by atoms with Crippen LogP contribution < -0.4 is 0 Å². The predicted octanol–water partition coefficient (Wildman–Crippen LogP) is 4.57. The summed E-state index contributed by atoms with van der Waals surface area (Å²) < 4.78 is 27.4. The highest BCUT2D eigenvalue weighted by molar-refractivity contribution is 4.77. The van der Waals surface area contributed by atoms with Crippen LogP contribution in [0, 0.1) is 5.41 Å². The largest absolute Gasteiger partial charge is 0.301 e. The van der Waals surface area contributed by atoms with E-state index in [4.69, 9.17) is 0 Å². The fraction of sp³-hybridized carbons (Fsp3) is 1.00. The molecule has 0 aromatic carbocycles. The highest BCUT2D eigenvalue weighted by Crippen LogP contribution is 2.31. The lowest BCUT2D eigenvalue weighted by molar-refractivity contribution is -0.0358. The van der Waals surface area contributed by atoms with Crippen LogP contribution >= 0.6 is 0 Å². The minimum absolute atomic E-state index is 0.00547. The van der Waals surface area contributed by atoms with Gasteiger partial charge < -0.3 is 4.90 Å². The van der Waals surface area contributed by atoms with E-state index in [0.717, 1.165) is 0 Å². The van der Waals surface area contributed by atoms with Crippen LogP contribution in [0.3, 0.4) is 0 Å². The maximum Gasteiger partial charge on any atom is 0.249 e. The zero-order valence-corrected chi connectivity index (χ0v) is 12.5. The lowest BCUT2D eigenvalue weighted by Gasteiger charge is -2.33. The summed E-state index contributed by atoms with van der Waals surface area (Å²) in [5.74, 6) is -2.53. The maximum atomic E-state index is 13.7. The van der Waals surface area contributed by atoms with E-state index < -0.39 is 5.92 Å². The first-order valence-electron chi connectivity index (χ1n) is 6.43. The van der Waals surface area contributed by atoms with Crippen molar-refractivity contribution in [1.29, 1.82) is 0 Å². The first-order chi connectivity index (χ1) is 7.33. The molecule has 0 atom stereocenters. The van der Waals surface area contributed by atoms with Crippen molar-refractivity contribution < 1.29 is 8.78 Å². The molecule has 0 N–H and O–H groups in total. The van der Waals surface area contributed by atoms with Gasteiger partial charge in [-0.15, -0.1) is 0 Å². The van der Waals surface area contributed by atoms with Gasteiger partial charge in [-0.3, -0.25) is 0 Å². The zero-order chi connectivity index (χ0) is 13.9. The Morgan fingerprint density at radius 3 is 1.65 bits per heavy atom. The Bertz CT molecular complexity index is 223. The smallest absolute Gasteiger partial charge is 0.249 e. The average molecular weight is 249 g/mol. The average Bonchev–Trinajstić information content (AvgIpc) is 2.09. The fourth-order valence-corrected chi connectivity index (χ4v) is 1.35. The molecule has 0 aliphatic carbocycles. The van der Waals surface area contributed by atoms with Crippen LogP contribution in [0.25, 0.3) is 0 Å². The molecule has 104 valence electrons. The number of alkyl halides is 2. The Morgan fingerprint density at radius 1 is 0.824 bits per heavy atom. The van der Waals surface area contributed by atoms with Gasteiger partial charge in [-0.1, -0.05) is 20.8 Å². The minimum Gasteiger partial charge on any atom is -0.301 e. The molecule has 17 heavy (non-hydrogen) atoms. The fourth-order valence-electron chi connectivity index (χ4n) is 1.35. The van der Waals surface area contributed by atoms with E-state index in [1.54, 1.807) is 0 Å².